The molecule has 0 radical (unpaired) electrons. The molecule has 0 aliphatic carbocycles. The lowest BCUT2D eigenvalue weighted by atomic mass is 9.96. The smallest absolute Gasteiger partial charge is 0.317 e. The van der Waals surface area contributed by atoms with E-state index in [2.05, 4.69) is 5.32 Å². The van der Waals surface area contributed by atoms with Gasteiger partial charge in [0.2, 0.25) is 5.91 Å². The zero-order chi connectivity index (χ0) is 15.1. The Kier molecular flexibility index (Phi) is 6.27. The number of likely N-dealkylation sites (tertiary alicyclic amines) is 1. The number of nitrogens with two attached hydrogens (primary N) is 1. The number of carboxylic acids is 1. The summed E-state index contributed by atoms with van der Waals surface area (Å²) in [6.07, 6.45) is 2.40. The SMILES string of the molecule is CC(CCCNC(=O)N1CCC(C(N)=O)CC1)C(=O)O. The van der Waals surface area contributed by atoms with Crippen molar-refractivity contribution in [2.45, 2.75) is 32.6 Å². The molecule has 3 amide bonds. The van der Waals surface area contributed by atoms with Gasteiger partial charge in [0.05, 0.1) is 5.92 Å². The zero-order valence-electron chi connectivity index (χ0n) is 11.8. The van der Waals surface area contributed by atoms with Crippen LogP contribution in [-0.4, -0.2) is 47.5 Å². The number of carbonyl (C=O) groups is 3. The lowest BCUT2D eigenvalue weighted by Crippen LogP contribution is -2.46. The first-order chi connectivity index (χ1) is 9.41. The van der Waals surface area contributed by atoms with Crippen molar-refractivity contribution >= 4 is 17.9 Å². The minimum atomic E-state index is -0.815. The van der Waals surface area contributed by atoms with Gasteiger partial charge in [0.15, 0.2) is 0 Å². The van der Waals surface area contributed by atoms with Gasteiger partial charge in [-0.3, -0.25) is 9.59 Å². The second-order valence-electron chi connectivity index (χ2n) is 5.28. The summed E-state index contributed by atoms with van der Waals surface area (Å²) in [4.78, 5) is 35.1. The Morgan fingerprint density at radius 3 is 2.45 bits per heavy atom. The first-order valence-electron chi connectivity index (χ1n) is 6.96. The third-order valence-corrected chi connectivity index (χ3v) is 3.70. The van der Waals surface area contributed by atoms with Crippen LogP contribution < -0.4 is 11.1 Å². The van der Waals surface area contributed by atoms with Crippen molar-refractivity contribution in [3.63, 3.8) is 0 Å². The number of nitrogens with zero attached hydrogens (tertiary/aromatic N) is 1. The van der Waals surface area contributed by atoms with Crippen molar-refractivity contribution in [1.82, 2.24) is 10.2 Å². The molecule has 0 aromatic carbocycles. The van der Waals surface area contributed by atoms with Gasteiger partial charge in [-0.25, -0.2) is 4.79 Å². The van der Waals surface area contributed by atoms with Crippen LogP contribution in [0.25, 0.3) is 0 Å². The predicted molar refractivity (Wildman–Crippen MR) is 72.9 cm³/mol. The van der Waals surface area contributed by atoms with Crippen molar-refractivity contribution in [3.8, 4) is 0 Å². The normalized spacial score (nSPS) is 17.6. The van der Waals surface area contributed by atoms with Gasteiger partial charge < -0.3 is 21.1 Å². The van der Waals surface area contributed by atoms with Crippen LogP contribution in [0.2, 0.25) is 0 Å². The van der Waals surface area contributed by atoms with Crippen LogP contribution in [0.5, 0.6) is 0 Å². The molecule has 7 heteroatoms. The molecule has 20 heavy (non-hydrogen) atoms. The molecule has 0 bridgehead atoms. The van der Waals surface area contributed by atoms with E-state index in [1.54, 1.807) is 11.8 Å². The molecule has 1 fully saturated rings. The molecule has 1 heterocycles. The third-order valence-electron chi connectivity index (χ3n) is 3.70. The number of carboxylic acid groups (broad SMARTS) is 1. The molecule has 0 saturated carbocycles. The molecule has 1 aliphatic rings. The lowest BCUT2D eigenvalue weighted by molar-refractivity contribution is -0.141. The lowest BCUT2D eigenvalue weighted by Gasteiger charge is -2.30. The van der Waals surface area contributed by atoms with Gasteiger partial charge in [-0.1, -0.05) is 6.92 Å². The number of carbonyl (C=O) groups excluding carboxylic acids is 2. The van der Waals surface area contributed by atoms with Gasteiger partial charge in [0, 0.05) is 25.6 Å². The maximum atomic E-state index is 11.8. The number of primary amides is 1. The summed E-state index contributed by atoms with van der Waals surface area (Å²) in [5.74, 6) is -1.63. The number of piperidine rings is 1. The molecule has 1 rings (SSSR count). The van der Waals surface area contributed by atoms with Crippen molar-refractivity contribution in [2.24, 2.45) is 17.6 Å². The highest BCUT2D eigenvalue weighted by molar-refractivity contribution is 5.78. The largest absolute Gasteiger partial charge is 0.481 e. The Balaban J connectivity index is 2.18. The topological polar surface area (TPSA) is 113 Å². The van der Waals surface area contributed by atoms with Crippen molar-refractivity contribution < 1.29 is 19.5 Å². The molecule has 1 aliphatic heterocycles. The van der Waals surface area contributed by atoms with E-state index in [4.69, 9.17) is 10.8 Å². The highest BCUT2D eigenvalue weighted by Gasteiger charge is 2.25. The maximum Gasteiger partial charge on any atom is 0.317 e. The van der Waals surface area contributed by atoms with E-state index in [1.165, 1.54) is 0 Å². The first-order valence-corrected chi connectivity index (χ1v) is 6.96. The summed E-state index contributed by atoms with van der Waals surface area (Å²) in [7, 11) is 0. The second-order valence-corrected chi connectivity index (χ2v) is 5.28. The number of nitrogens with one attached hydrogen (secondary N) is 1. The monoisotopic (exact) mass is 285 g/mol. The maximum absolute atomic E-state index is 11.8. The average molecular weight is 285 g/mol. The fourth-order valence-electron chi connectivity index (χ4n) is 2.21. The molecule has 1 atom stereocenters. The fourth-order valence-corrected chi connectivity index (χ4v) is 2.21. The van der Waals surface area contributed by atoms with Gasteiger partial charge in [-0.15, -0.1) is 0 Å². The number of hydrogen-bond acceptors (Lipinski definition) is 3. The minimum absolute atomic E-state index is 0.129. The Morgan fingerprint density at radius 1 is 1.35 bits per heavy atom. The molecule has 0 spiro atoms. The second kappa shape index (κ2) is 7.72. The molecular weight excluding hydrogens is 262 g/mol. The summed E-state index contributed by atoms with van der Waals surface area (Å²) in [6.45, 7) is 3.18. The molecular formula is C13H23N3O4. The van der Waals surface area contributed by atoms with Crippen molar-refractivity contribution in [3.05, 3.63) is 0 Å². The summed E-state index contributed by atoms with van der Waals surface area (Å²) in [5, 5.41) is 11.5. The van der Waals surface area contributed by atoms with E-state index in [0.717, 1.165) is 0 Å². The van der Waals surface area contributed by atoms with Gasteiger partial charge in [-0.05, 0) is 25.7 Å². The molecule has 7 nitrogen and oxygen atoms in total. The highest BCUT2D eigenvalue weighted by Crippen LogP contribution is 2.16. The molecule has 0 aromatic heterocycles. The Labute approximate surface area is 118 Å². The van der Waals surface area contributed by atoms with Crippen molar-refractivity contribution in [2.75, 3.05) is 19.6 Å². The van der Waals surface area contributed by atoms with Crippen LogP contribution >= 0.6 is 0 Å². The van der Waals surface area contributed by atoms with E-state index in [0.29, 0.717) is 45.3 Å². The Bertz CT molecular complexity index is 365. The van der Waals surface area contributed by atoms with Gasteiger partial charge in [-0.2, -0.15) is 0 Å². The van der Waals surface area contributed by atoms with Crippen LogP contribution in [-0.2, 0) is 9.59 Å². The first kappa shape index (κ1) is 16.3. The van der Waals surface area contributed by atoms with Gasteiger partial charge in [0.1, 0.15) is 0 Å². The number of rotatable bonds is 6. The van der Waals surface area contributed by atoms with Crippen LogP contribution in [0.1, 0.15) is 32.6 Å². The van der Waals surface area contributed by atoms with Gasteiger partial charge in [0.25, 0.3) is 0 Å². The van der Waals surface area contributed by atoms with Crippen LogP contribution in [0.4, 0.5) is 4.79 Å². The van der Waals surface area contributed by atoms with Crippen LogP contribution in [0.3, 0.4) is 0 Å². The Hall–Kier alpha value is -1.79. The highest BCUT2D eigenvalue weighted by atomic mass is 16.4. The van der Waals surface area contributed by atoms with Crippen LogP contribution in [0, 0.1) is 11.8 Å². The predicted octanol–water partition coefficient (Wildman–Crippen LogP) is 0.394. The molecule has 0 aromatic rings. The average Bonchev–Trinajstić information content (AvgIpc) is 2.43. The molecule has 4 N–H and O–H groups in total. The summed E-state index contributed by atoms with van der Waals surface area (Å²) < 4.78 is 0. The standard InChI is InChI=1S/C13H23N3O4/c1-9(12(18)19)3-2-6-15-13(20)16-7-4-10(5-8-16)11(14)17/h9-10H,2-8H2,1H3,(H2,14,17)(H,15,20)(H,18,19). The summed E-state index contributed by atoms with van der Waals surface area (Å²) in [6, 6.07) is -0.157. The number of aliphatic carboxylic acids is 1. The number of hydrogen-bond donors (Lipinski definition) is 3. The van der Waals surface area contributed by atoms with E-state index in [1.807, 2.05) is 0 Å². The van der Waals surface area contributed by atoms with E-state index >= 15 is 0 Å². The fraction of sp³-hybridized carbons (Fsp3) is 0.769. The number of amides is 3. The van der Waals surface area contributed by atoms with Crippen LogP contribution in [0.15, 0.2) is 0 Å². The molecule has 114 valence electrons. The Morgan fingerprint density at radius 2 is 1.95 bits per heavy atom. The minimum Gasteiger partial charge on any atom is -0.481 e. The molecule has 1 unspecified atom stereocenters. The van der Waals surface area contributed by atoms with Crippen molar-refractivity contribution in [1.29, 1.82) is 0 Å². The number of urea groups is 1. The van der Waals surface area contributed by atoms with Gasteiger partial charge >= 0.3 is 12.0 Å². The van der Waals surface area contributed by atoms with E-state index in [9.17, 15) is 14.4 Å². The molecule has 1 saturated heterocycles. The quantitative estimate of drug-likeness (QED) is 0.613. The third kappa shape index (κ3) is 5.07. The van der Waals surface area contributed by atoms with E-state index in [-0.39, 0.29) is 17.9 Å². The van der Waals surface area contributed by atoms with E-state index < -0.39 is 11.9 Å². The summed E-state index contributed by atoms with van der Waals surface area (Å²) >= 11 is 0. The zero-order valence-corrected chi connectivity index (χ0v) is 11.8. The summed E-state index contributed by atoms with van der Waals surface area (Å²) in [5.41, 5.74) is 5.23.